The molecule has 0 unspecified atom stereocenters. The third-order valence-electron chi connectivity index (χ3n) is 5.04. The van der Waals surface area contributed by atoms with Gasteiger partial charge in [0.15, 0.2) is 6.10 Å². The molecule has 0 radical (unpaired) electrons. The first-order valence-electron chi connectivity index (χ1n) is 9.55. The number of benzene rings is 1. The highest BCUT2D eigenvalue weighted by molar-refractivity contribution is 9.10. The molecule has 0 saturated heterocycles. The van der Waals surface area contributed by atoms with Crippen LogP contribution in [0.2, 0.25) is 0 Å². The fourth-order valence-electron chi connectivity index (χ4n) is 3.32. The Balaban J connectivity index is 1.83. The molecule has 1 atom stereocenters. The van der Waals surface area contributed by atoms with Crippen LogP contribution >= 0.6 is 15.9 Å². The number of hydrazine groups is 1. The Bertz CT molecular complexity index is 583. The lowest BCUT2D eigenvalue weighted by Gasteiger charge is -2.27. The predicted octanol–water partition coefficient (Wildman–Crippen LogP) is 4.36. The number of rotatable bonds is 7. The molecule has 2 amide bonds. The molecule has 1 aromatic carbocycles. The number of hydrogen-bond donors (Lipinski definition) is 2. The number of ether oxygens (including phenoxy) is 1. The Morgan fingerprint density at radius 2 is 1.77 bits per heavy atom. The van der Waals surface area contributed by atoms with Crippen molar-refractivity contribution in [2.75, 3.05) is 0 Å². The van der Waals surface area contributed by atoms with Crippen molar-refractivity contribution in [3.05, 3.63) is 28.7 Å². The standard InChI is InChI=1S/C20H29BrN2O3/c1-3-5-18(26-17-12-10-16(21)11-13-17)20(25)23-22-19(24)15-8-6-14(4-2)7-9-15/h10-15,18H,3-9H2,1-2H3,(H,22,24)(H,23,25)/t14?,15?,18-/m0/s1. The van der Waals surface area contributed by atoms with Gasteiger partial charge in [0.25, 0.3) is 5.91 Å². The number of carbonyl (C=O) groups excluding carboxylic acids is 2. The van der Waals surface area contributed by atoms with Gasteiger partial charge in [-0.3, -0.25) is 20.4 Å². The second-order valence-electron chi connectivity index (χ2n) is 6.95. The molecule has 26 heavy (non-hydrogen) atoms. The maximum atomic E-state index is 12.4. The van der Waals surface area contributed by atoms with E-state index in [-0.39, 0.29) is 17.7 Å². The molecule has 6 heteroatoms. The van der Waals surface area contributed by atoms with Crippen LogP contribution in [0.15, 0.2) is 28.7 Å². The molecule has 1 aromatic rings. The summed E-state index contributed by atoms with van der Waals surface area (Å²) in [6.07, 6.45) is 5.92. The highest BCUT2D eigenvalue weighted by atomic mass is 79.9. The number of nitrogens with one attached hydrogen (secondary N) is 2. The molecule has 0 bridgehead atoms. The molecule has 0 aromatic heterocycles. The molecule has 0 aliphatic heterocycles. The van der Waals surface area contributed by atoms with Crippen LogP contribution in [-0.2, 0) is 9.59 Å². The van der Waals surface area contributed by atoms with E-state index in [9.17, 15) is 9.59 Å². The molecular weight excluding hydrogens is 396 g/mol. The summed E-state index contributed by atoms with van der Waals surface area (Å²) in [5.74, 6) is 0.958. The summed E-state index contributed by atoms with van der Waals surface area (Å²) in [5, 5.41) is 0. The SMILES string of the molecule is CCC[C@H](Oc1ccc(Br)cc1)C(=O)NNC(=O)C1CCC(CC)CC1. The van der Waals surface area contributed by atoms with Crippen molar-refractivity contribution in [2.45, 2.75) is 64.9 Å². The van der Waals surface area contributed by atoms with Gasteiger partial charge in [0, 0.05) is 10.4 Å². The normalized spacial score (nSPS) is 20.9. The Labute approximate surface area is 164 Å². The lowest BCUT2D eigenvalue weighted by atomic mass is 9.80. The van der Waals surface area contributed by atoms with E-state index in [0.717, 1.165) is 42.5 Å². The Morgan fingerprint density at radius 1 is 1.12 bits per heavy atom. The van der Waals surface area contributed by atoms with E-state index in [4.69, 9.17) is 4.74 Å². The molecule has 0 spiro atoms. The van der Waals surface area contributed by atoms with Crippen LogP contribution in [0.1, 0.15) is 58.8 Å². The highest BCUT2D eigenvalue weighted by Crippen LogP contribution is 2.30. The minimum Gasteiger partial charge on any atom is -0.481 e. The van der Waals surface area contributed by atoms with Gasteiger partial charge in [0.2, 0.25) is 5.91 Å². The fraction of sp³-hybridized carbons (Fsp3) is 0.600. The second-order valence-corrected chi connectivity index (χ2v) is 7.87. The Morgan fingerprint density at radius 3 is 2.35 bits per heavy atom. The van der Waals surface area contributed by atoms with Gasteiger partial charge >= 0.3 is 0 Å². The topological polar surface area (TPSA) is 67.4 Å². The van der Waals surface area contributed by atoms with E-state index in [1.807, 2.05) is 31.2 Å². The summed E-state index contributed by atoms with van der Waals surface area (Å²) in [7, 11) is 0. The van der Waals surface area contributed by atoms with Crippen molar-refractivity contribution >= 4 is 27.7 Å². The van der Waals surface area contributed by atoms with E-state index < -0.39 is 6.10 Å². The van der Waals surface area contributed by atoms with Gasteiger partial charge in [0.1, 0.15) is 5.75 Å². The molecule has 1 aliphatic carbocycles. The lowest BCUT2D eigenvalue weighted by Crippen LogP contribution is -2.50. The molecule has 5 nitrogen and oxygen atoms in total. The highest BCUT2D eigenvalue weighted by Gasteiger charge is 2.26. The average Bonchev–Trinajstić information content (AvgIpc) is 2.67. The van der Waals surface area contributed by atoms with Gasteiger partial charge in [-0.15, -0.1) is 0 Å². The van der Waals surface area contributed by atoms with Gasteiger partial charge in [-0.2, -0.15) is 0 Å². The Hall–Kier alpha value is -1.56. The maximum absolute atomic E-state index is 12.4. The number of halogens is 1. The van der Waals surface area contributed by atoms with Crippen LogP contribution in [0.3, 0.4) is 0 Å². The van der Waals surface area contributed by atoms with Gasteiger partial charge in [-0.1, -0.05) is 42.6 Å². The summed E-state index contributed by atoms with van der Waals surface area (Å²) in [4.78, 5) is 24.7. The Kier molecular flexibility index (Phi) is 8.42. The monoisotopic (exact) mass is 424 g/mol. The van der Waals surface area contributed by atoms with Crippen LogP contribution in [0.4, 0.5) is 0 Å². The zero-order valence-electron chi connectivity index (χ0n) is 15.6. The van der Waals surface area contributed by atoms with Crippen molar-refractivity contribution in [1.29, 1.82) is 0 Å². The van der Waals surface area contributed by atoms with E-state index in [0.29, 0.717) is 12.2 Å². The summed E-state index contributed by atoms with van der Waals surface area (Å²) in [6, 6.07) is 7.35. The minimum atomic E-state index is -0.627. The zero-order chi connectivity index (χ0) is 18.9. The molecule has 2 rings (SSSR count). The third kappa shape index (κ3) is 6.31. The fourth-order valence-corrected chi connectivity index (χ4v) is 3.59. The molecule has 1 fully saturated rings. The van der Waals surface area contributed by atoms with Gasteiger partial charge in [0.05, 0.1) is 0 Å². The van der Waals surface area contributed by atoms with Gasteiger partial charge < -0.3 is 4.74 Å². The quantitative estimate of drug-likeness (QED) is 0.638. The van der Waals surface area contributed by atoms with E-state index in [2.05, 4.69) is 33.7 Å². The van der Waals surface area contributed by atoms with Crippen molar-refractivity contribution in [2.24, 2.45) is 11.8 Å². The van der Waals surface area contributed by atoms with Crippen molar-refractivity contribution in [3.63, 3.8) is 0 Å². The number of amides is 2. The minimum absolute atomic E-state index is 0.00452. The molecule has 2 N–H and O–H groups in total. The van der Waals surface area contributed by atoms with Crippen LogP contribution in [0.25, 0.3) is 0 Å². The summed E-state index contributed by atoms with van der Waals surface area (Å²) < 4.78 is 6.74. The maximum Gasteiger partial charge on any atom is 0.279 e. The van der Waals surface area contributed by atoms with Crippen molar-refractivity contribution < 1.29 is 14.3 Å². The van der Waals surface area contributed by atoms with Gasteiger partial charge in [-0.25, -0.2) is 0 Å². The average molecular weight is 425 g/mol. The van der Waals surface area contributed by atoms with Crippen LogP contribution in [0.5, 0.6) is 5.75 Å². The third-order valence-corrected chi connectivity index (χ3v) is 5.57. The predicted molar refractivity (Wildman–Crippen MR) is 105 cm³/mol. The van der Waals surface area contributed by atoms with E-state index in [1.165, 1.54) is 6.42 Å². The van der Waals surface area contributed by atoms with Crippen LogP contribution < -0.4 is 15.6 Å². The first-order chi connectivity index (χ1) is 12.5. The lowest BCUT2D eigenvalue weighted by molar-refractivity contribution is -0.135. The largest absolute Gasteiger partial charge is 0.481 e. The molecule has 1 aliphatic rings. The first kappa shape index (κ1) is 20.7. The molecule has 0 heterocycles. The summed E-state index contributed by atoms with van der Waals surface area (Å²) >= 11 is 3.38. The van der Waals surface area contributed by atoms with E-state index in [1.54, 1.807) is 0 Å². The van der Waals surface area contributed by atoms with Crippen molar-refractivity contribution in [1.82, 2.24) is 10.9 Å². The van der Waals surface area contributed by atoms with Gasteiger partial charge in [-0.05, 0) is 62.3 Å². The number of hydrogen-bond acceptors (Lipinski definition) is 3. The van der Waals surface area contributed by atoms with Crippen molar-refractivity contribution in [3.8, 4) is 5.75 Å². The smallest absolute Gasteiger partial charge is 0.279 e. The number of carbonyl (C=O) groups is 2. The molecule has 144 valence electrons. The second kappa shape index (κ2) is 10.6. The zero-order valence-corrected chi connectivity index (χ0v) is 17.2. The van der Waals surface area contributed by atoms with Crippen LogP contribution in [-0.4, -0.2) is 17.9 Å². The first-order valence-corrected chi connectivity index (χ1v) is 10.3. The summed E-state index contributed by atoms with van der Waals surface area (Å²) in [5.41, 5.74) is 5.14. The molecular formula is C20H29BrN2O3. The molecule has 1 saturated carbocycles. The summed E-state index contributed by atoms with van der Waals surface area (Å²) in [6.45, 7) is 4.20. The van der Waals surface area contributed by atoms with Crippen LogP contribution in [0, 0.1) is 11.8 Å². The van der Waals surface area contributed by atoms with E-state index >= 15 is 0 Å².